The second-order valence-corrected chi connectivity index (χ2v) is 7.32. The third-order valence-corrected chi connectivity index (χ3v) is 5.69. The standard InChI is InChI=1S/C20H18S/c1-12-4-6-18-16(8-12)11-17-10-15(5-7-19(17)18)20-9-13(2)14(3)21-20/h4-10H,11H2,1-3H3. The molecule has 0 spiro atoms. The summed E-state index contributed by atoms with van der Waals surface area (Å²) in [6.45, 7) is 6.57. The molecule has 21 heavy (non-hydrogen) atoms. The van der Waals surface area contributed by atoms with Gasteiger partial charge in [0.05, 0.1) is 0 Å². The summed E-state index contributed by atoms with van der Waals surface area (Å²) >= 11 is 1.90. The van der Waals surface area contributed by atoms with Gasteiger partial charge in [0.15, 0.2) is 0 Å². The average molecular weight is 290 g/mol. The van der Waals surface area contributed by atoms with Crippen molar-refractivity contribution >= 4 is 11.3 Å². The summed E-state index contributed by atoms with van der Waals surface area (Å²) in [6.07, 6.45) is 1.07. The maximum atomic E-state index is 2.38. The Balaban J connectivity index is 1.81. The molecule has 1 aliphatic carbocycles. The van der Waals surface area contributed by atoms with E-state index in [0.717, 1.165) is 6.42 Å². The predicted molar refractivity (Wildman–Crippen MR) is 92.2 cm³/mol. The van der Waals surface area contributed by atoms with Gasteiger partial charge in [-0.3, -0.25) is 0 Å². The molecular formula is C20H18S. The Morgan fingerprint density at radius 2 is 1.52 bits per heavy atom. The van der Waals surface area contributed by atoms with Crippen LogP contribution in [0.2, 0.25) is 0 Å². The van der Waals surface area contributed by atoms with E-state index >= 15 is 0 Å². The zero-order valence-corrected chi connectivity index (χ0v) is 13.5. The molecule has 0 N–H and O–H groups in total. The Kier molecular flexibility index (Phi) is 2.80. The molecule has 1 heterocycles. The first-order valence-corrected chi connectivity index (χ1v) is 8.24. The molecule has 0 unspecified atom stereocenters. The maximum absolute atomic E-state index is 2.38. The number of rotatable bonds is 1. The minimum atomic E-state index is 1.07. The van der Waals surface area contributed by atoms with Gasteiger partial charge in [0.1, 0.15) is 0 Å². The number of aryl methyl sites for hydroxylation is 3. The van der Waals surface area contributed by atoms with Crippen molar-refractivity contribution in [3.63, 3.8) is 0 Å². The van der Waals surface area contributed by atoms with E-state index in [-0.39, 0.29) is 0 Å². The van der Waals surface area contributed by atoms with Crippen LogP contribution in [0, 0.1) is 20.8 Å². The van der Waals surface area contributed by atoms with Crippen molar-refractivity contribution in [2.75, 3.05) is 0 Å². The monoisotopic (exact) mass is 290 g/mol. The van der Waals surface area contributed by atoms with E-state index in [1.807, 2.05) is 11.3 Å². The normalized spacial score (nSPS) is 12.3. The van der Waals surface area contributed by atoms with Crippen molar-refractivity contribution in [3.05, 3.63) is 69.6 Å². The van der Waals surface area contributed by atoms with Gasteiger partial charge in [-0.1, -0.05) is 35.9 Å². The topological polar surface area (TPSA) is 0 Å². The molecule has 0 radical (unpaired) electrons. The minimum Gasteiger partial charge on any atom is -0.140 e. The van der Waals surface area contributed by atoms with Crippen LogP contribution < -0.4 is 0 Å². The first kappa shape index (κ1) is 12.8. The lowest BCUT2D eigenvalue weighted by Crippen LogP contribution is -1.82. The van der Waals surface area contributed by atoms with Gasteiger partial charge >= 0.3 is 0 Å². The molecule has 3 aromatic rings. The highest BCUT2D eigenvalue weighted by molar-refractivity contribution is 7.15. The lowest BCUT2D eigenvalue weighted by molar-refractivity contribution is 1.25. The van der Waals surface area contributed by atoms with E-state index in [1.165, 1.54) is 48.7 Å². The first-order valence-electron chi connectivity index (χ1n) is 7.42. The van der Waals surface area contributed by atoms with Crippen molar-refractivity contribution in [1.29, 1.82) is 0 Å². The Labute approximate surface area is 130 Å². The Morgan fingerprint density at radius 1 is 0.810 bits per heavy atom. The highest BCUT2D eigenvalue weighted by Gasteiger charge is 2.19. The van der Waals surface area contributed by atoms with Gasteiger partial charge in [-0.2, -0.15) is 0 Å². The Morgan fingerprint density at radius 3 is 2.24 bits per heavy atom. The molecule has 1 aliphatic rings. The van der Waals surface area contributed by atoms with Gasteiger partial charge in [0.25, 0.3) is 0 Å². The molecule has 0 fully saturated rings. The fourth-order valence-electron chi connectivity index (χ4n) is 3.21. The third kappa shape index (κ3) is 2.04. The van der Waals surface area contributed by atoms with Crippen LogP contribution in [0.1, 0.15) is 27.1 Å². The highest BCUT2D eigenvalue weighted by atomic mass is 32.1. The molecule has 0 atom stereocenters. The van der Waals surface area contributed by atoms with Crippen molar-refractivity contribution in [2.24, 2.45) is 0 Å². The lowest BCUT2D eigenvalue weighted by Gasteiger charge is -2.04. The molecule has 0 amide bonds. The van der Waals surface area contributed by atoms with E-state index in [4.69, 9.17) is 0 Å². The van der Waals surface area contributed by atoms with Gasteiger partial charge in [0, 0.05) is 9.75 Å². The SMILES string of the molecule is Cc1ccc2c(c1)Cc1cc(-c3cc(C)c(C)s3)ccc1-2. The van der Waals surface area contributed by atoms with E-state index < -0.39 is 0 Å². The zero-order chi connectivity index (χ0) is 14.6. The quantitative estimate of drug-likeness (QED) is 0.408. The molecule has 0 aliphatic heterocycles. The molecule has 1 heteroatoms. The Hall–Kier alpha value is -1.86. The summed E-state index contributed by atoms with van der Waals surface area (Å²) in [5.41, 5.74) is 9.89. The van der Waals surface area contributed by atoms with Crippen molar-refractivity contribution in [1.82, 2.24) is 0 Å². The van der Waals surface area contributed by atoms with Gasteiger partial charge in [-0.05, 0) is 72.7 Å². The molecule has 4 rings (SSSR count). The minimum absolute atomic E-state index is 1.07. The van der Waals surface area contributed by atoms with Crippen LogP contribution in [-0.2, 0) is 6.42 Å². The van der Waals surface area contributed by atoms with Gasteiger partial charge in [-0.15, -0.1) is 11.3 Å². The molecule has 0 bridgehead atoms. The maximum Gasteiger partial charge on any atom is 0.0348 e. The summed E-state index contributed by atoms with van der Waals surface area (Å²) in [6, 6.07) is 16.1. The van der Waals surface area contributed by atoms with Gasteiger partial charge in [0.2, 0.25) is 0 Å². The smallest absolute Gasteiger partial charge is 0.0348 e. The van der Waals surface area contributed by atoms with Crippen molar-refractivity contribution in [3.8, 4) is 21.6 Å². The number of hydrogen-bond acceptors (Lipinski definition) is 1. The Bertz CT molecular complexity index is 833. The second-order valence-electron chi connectivity index (χ2n) is 6.06. The van der Waals surface area contributed by atoms with Crippen LogP contribution in [0.5, 0.6) is 0 Å². The molecule has 1 aromatic heterocycles. The largest absolute Gasteiger partial charge is 0.140 e. The molecule has 2 aromatic carbocycles. The van der Waals surface area contributed by atoms with Crippen LogP contribution in [0.3, 0.4) is 0 Å². The van der Waals surface area contributed by atoms with Crippen LogP contribution in [0.4, 0.5) is 0 Å². The number of fused-ring (bicyclic) bond motifs is 3. The van der Waals surface area contributed by atoms with Gasteiger partial charge < -0.3 is 0 Å². The molecule has 0 saturated carbocycles. The van der Waals surface area contributed by atoms with Crippen LogP contribution in [0.15, 0.2) is 42.5 Å². The lowest BCUT2D eigenvalue weighted by atomic mass is 10.0. The van der Waals surface area contributed by atoms with Crippen LogP contribution in [0.25, 0.3) is 21.6 Å². The zero-order valence-electron chi connectivity index (χ0n) is 12.7. The van der Waals surface area contributed by atoms with E-state index in [1.54, 1.807) is 0 Å². The van der Waals surface area contributed by atoms with E-state index in [0.29, 0.717) is 0 Å². The third-order valence-electron chi connectivity index (χ3n) is 4.49. The highest BCUT2D eigenvalue weighted by Crippen LogP contribution is 2.40. The average Bonchev–Trinajstić information content (AvgIpc) is 2.98. The van der Waals surface area contributed by atoms with Gasteiger partial charge in [-0.25, -0.2) is 0 Å². The summed E-state index contributed by atoms with van der Waals surface area (Å²) in [5.74, 6) is 0. The second kappa shape index (κ2) is 4.57. The van der Waals surface area contributed by atoms with Crippen LogP contribution in [-0.4, -0.2) is 0 Å². The number of benzene rings is 2. The molecule has 104 valence electrons. The summed E-state index contributed by atoms with van der Waals surface area (Å²) in [5, 5.41) is 0. The summed E-state index contributed by atoms with van der Waals surface area (Å²) in [4.78, 5) is 2.81. The van der Waals surface area contributed by atoms with E-state index in [2.05, 4.69) is 63.2 Å². The predicted octanol–water partition coefficient (Wildman–Crippen LogP) is 5.91. The number of thiophene rings is 1. The van der Waals surface area contributed by atoms with E-state index in [9.17, 15) is 0 Å². The first-order chi connectivity index (χ1) is 10.1. The summed E-state index contributed by atoms with van der Waals surface area (Å²) in [7, 11) is 0. The van der Waals surface area contributed by atoms with Crippen molar-refractivity contribution < 1.29 is 0 Å². The fourth-order valence-corrected chi connectivity index (χ4v) is 4.24. The summed E-state index contributed by atoms with van der Waals surface area (Å²) < 4.78 is 0. The molecular weight excluding hydrogens is 272 g/mol. The fraction of sp³-hybridized carbons (Fsp3) is 0.200. The van der Waals surface area contributed by atoms with Crippen molar-refractivity contribution in [2.45, 2.75) is 27.2 Å². The molecule has 0 nitrogen and oxygen atoms in total. The number of hydrogen-bond donors (Lipinski definition) is 0. The molecule has 0 saturated heterocycles. The van der Waals surface area contributed by atoms with Crippen LogP contribution >= 0.6 is 11.3 Å².